The van der Waals surface area contributed by atoms with Gasteiger partial charge < -0.3 is 5.73 Å². The lowest BCUT2D eigenvalue weighted by Gasteiger charge is -2.18. The molecule has 0 amide bonds. The minimum Gasteiger partial charge on any atom is -0.392 e. The van der Waals surface area contributed by atoms with Crippen LogP contribution in [0, 0.1) is 0 Å². The first kappa shape index (κ1) is 13.8. The molecule has 0 aromatic heterocycles. The first-order valence-corrected chi connectivity index (χ1v) is 6.61. The van der Waals surface area contributed by atoms with E-state index in [0.717, 1.165) is 6.42 Å². The van der Waals surface area contributed by atoms with Crippen LogP contribution in [0.15, 0.2) is 0 Å². The van der Waals surface area contributed by atoms with Gasteiger partial charge in [0.05, 0.1) is 4.99 Å². The van der Waals surface area contributed by atoms with Crippen molar-refractivity contribution in [2.75, 3.05) is 0 Å². The van der Waals surface area contributed by atoms with Crippen molar-refractivity contribution in [3.8, 4) is 0 Å². The van der Waals surface area contributed by atoms with E-state index in [-0.39, 0.29) is 11.0 Å². The normalized spacial score (nSPS) is 16.2. The molecule has 6 heteroatoms. The van der Waals surface area contributed by atoms with Crippen LogP contribution in [-0.2, 0) is 10.0 Å². The highest BCUT2D eigenvalue weighted by Crippen LogP contribution is 2.06. The van der Waals surface area contributed by atoms with Crippen molar-refractivity contribution in [3.63, 3.8) is 0 Å². The van der Waals surface area contributed by atoms with Crippen LogP contribution in [0.4, 0.5) is 0 Å². The van der Waals surface area contributed by atoms with Gasteiger partial charge in [-0.05, 0) is 19.8 Å². The average molecular weight is 238 g/mol. The van der Waals surface area contributed by atoms with Crippen molar-refractivity contribution in [2.24, 2.45) is 5.73 Å². The van der Waals surface area contributed by atoms with E-state index in [2.05, 4.69) is 4.72 Å². The molecular weight excluding hydrogens is 220 g/mol. The third-order valence-electron chi connectivity index (χ3n) is 2.04. The molecule has 0 aromatic carbocycles. The van der Waals surface area contributed by atoms with Gasteiger partial charge in [-0.2, -0.15) is 0 Å². The van der Waals surface area contributed by atoms with Gasteiger partial charge >= 0.3 is 0 Å². The van der Waals surface area contributed by atoms with Gasteiger partial charge in [0.15, 0.2) is 0 Å². The number of hydrogen-bond donors (Lipinski definition) is 2. The number of thiocarbonyl (C=S) groups is 1. The Kier molecular flexibility index (Phi) is 5.54. The molecule has 0 heterocycles. The summed E-state index contributed by atoms with van der Waals surface area (Å²) in [7, 11) is -3.40. The second-order valence-electron chi connectivity index (χ2n) is 3.27. The largest absolute Gasteiger partial charge is 0.392 e. The molecular formula is C8H18N2O2S2. The van der Waals surface area contributed by atoms with E-state index >= 15 is 0 Å². The Hall–Kier alpha value is -0.200. The SMILES string of the molecule is CCC(C)NS(=O)(=O)C(CC)C(N)=S. The molecule has 3 N–H and O–H groups in total. The van der Waals surface area contributed by atoms with Crippen molar-refractivity contribution >= 4 is 27.2 Å². The van der Waals surface area contributed by atoms with Gasteiger partial charge in [0, 0.05) is 6.04 Å². The summed E-state index contributed by atoms with van der Waals surface area (Å²) in [4.78, 5) is 0.0308. The first-order chi connectivity index (χ1) is 6.35. The molecule has 0 aliphatic carbocycles. The lowest BCUT2D eigenvalue weighted by molar-refractivity contribution is 0.549. The van der Waals surface area contributed by atoms with Gasteiger partial charge in [-0.25, -0.2) is 13.1 Å². The van der Waals surface area contributed by atoms with Crippen molar-refractivity contribution in [2.45, 2.75) is 44.9 Å². The summed E-state index contributed by atoms with van der Waals surface area (Å²) >= 11 is 4.71. The molecule has 2 atom stereocenters. The molecule has 0 saturated carbocycles. The lowest BCUT2D eigenvalue weighted by atomic mass is 10.3. The fourth-order valence-electron chi connectivity index (χ4n) is 1.02. The number of nitrogens with one attached hydrogen (secondary N) is 1. The molecule has 0 bridgehead atoms. The maximum absolute atomic E-state index is 11.7. The van der Waals surface area contributed by atoms with Crippen molar-refractivity contribution in [1.82, 2.24) is 4.72 Å². The van der Waals surface area contributed by atoms with Crippen LogP contribution in [-0.4, -0.2) is 24.7 Å². The maximum atomic E-state index is 11.7. The quantitative estimate of drug-likeness (QED) is 0.670. The zero-order chi connectivity index (χ0) is 11.4. The Morgan fingerprint density at radius 3 is 2.21 bits per heavy atom. The summed E-state index contributed by atoms with van der Waals surface area (Å²) in [6.07, 6.45) is 1.15. The van der Waals surface area contributed by atoms with Crippen molar-refractivity contribution in [3.05, 3.63) is 0 Å². The zero-order valence-electron chi connectivity index (χ0n) is 8.78. The Morgan fingerprint density at radius 1 is 1.43 bits per heavy atom. The zero-order valence-corrected chi connectivity index (χ0v) is 10.4. The second kappa shape index (κ2) is 5.63. The topological polar surface area (TPSA) is 72.2 Å². The van der Waals surface area contributed by atoms with Crippen molar-refractivity contribution < 1.29 is 8.42 Å². The molecule has 84 valence electrons. The first-order valence-electron chi connectivity index (χ1n) is 4.65. The molecule has 0 rings (SSSR count). The van der Waals surface area contributed by atoms with Crippen LogP contribution in [0.1, 0.15) is 33.6 Å². The standard InChI is InChI=1S/C8H18N2O2S2/c1-4-6(3)10-14(11,12)7(5-2)8(9)13/h6-7,10H,4-5H2,1-3H3,(H2,9,13). The summed E-state index contributed by atoms with van der Waals surface area (Å²) in [6.45, 7) is 5.47. The van der Waals surface area contributed by atoms with Crippen LogP contribution in [0.5, 0.6) is 0 Å². The van der Waals surface area contributed by atoms with Crippen LogP contribution < -0.4 is 10.5 Å². The fourth-order valence-corrected chi connectivity index (χ4v) is 3.20. The van der Waals surface area contributed by atoms with Crippen LogP contribution >= 0.6 is 12.2 Å². The monoisotopic (exact) mass is 238 g/mol. The van der Waals surface area contributed by atoms with E-state index in [9.17, 15) is 8.42 Å². The maximum Gasteiger partial charge on any atom is 0.221 e. The highest BCUT2D eigenvalue weighted by molar-refractivity contribution is 7.93. The molecule has 4 nitrogen and oxygen atoms in total. The van der Waals surface area contributed by atoms with Gasteiger partial charge in [0.25, 0.3) is 0 Å². The molecule has 0 aliphatic heterocycles. The molecule has 0 spiro atoms. The Morgan fingerprint density at radius 2 is 1.93 bits per heavy atom. The molecule has 0 saturated heterocycles. The third-order valence-corrected chi connectivity index (χ3v) is 4.54. The third kappa shape index (κ3) is 3.89. The summed E-state index contributed by atoms with van der Waals surface area (Å²) < 4.78 is 25.9. The summed E-state index contributed by atoms with van der Waals surface area (Å²) in [5, 5.41) is -0.758. The van der Waals surface area contributed by atoms with E-state index in [0.29, 0.717) is 6.42 Å². The average Bonchev–Trinajstić information content (AvgIpc) is 2.02. The van der Waals surface area contributed by atoms with Gasteiger partial charge in [0.2, 0.25) is 10.0 Å². The number of nitrogens with two attached hydrogens (primary N) is 1. The Bertz CT molecular complexity index is 288. The lowest BCUT2D eigenvalue weighted by Crippen LogP contribution is -2.44. The van der Waals surface area contributed by atoms with Crippen LogP contribution in [0.25, 0.3) is 0 Å². The molecule has 0 aliphatic rings. The number of rotatable bonds is 6. The summed E-state index contributed by atoms with van der Waals surface area (Å²) in [5.41, 5.74) is 5.36. The van der Waals surface area contributed by atoms with Gasteiger partial charge in [-0.15, -0.1) is 0 Å². The van der Waals surface area contributed by atoms with Crippen LogP contribution in [0.2, 0.25) is 0 Å². The van der Waals surface area contributed by atoms with Gasteiger partial charge in [0.1, 0.15) is 5.25 Å². The van der Waals surface area contributed by atoms with Gasteiger partial charge in [-0.3, -0.25) is 0 Å². The second-order valence-corrected chi connectivity index (χ2v) is 5.64. The summed E-state index contributed by atoms with van der Waals surface area (Å²) in [5.74, 6) is 0. The molecule has 0 fully saturated rings. The highest BCUT2D eigenvalue weighted by atomic mass is 32.2. The van der Waals surface area contributed by atoms with Crippen molar-refractivity contribution in [1.29, 1.82) is 0 Å². The van der Waals surface area contributed by atoms with E-state index in [1.807, 2.05) is 13.8 Å². The molecule has 0 radical (unpaired) electrons. The highest BCUT2D eigenvalue weighted by Gasteiger charge is 2.27. The van der Waals surface area contributed by atoms with Gasteiger partial charge in [-0.1, -0.05) is 26.1 Å². The fraction of sp³-hybridized carbons (Fsp3) is 0.875. The van der Waals surface area contributed by atoms with E-state index in [1.54, 1.807) is 6.92 Å². The summed E-state index contributed by atoms with van der Waals surface area (Å²) in [6, 6.07) is -0.0802. The molecule has 0 aromatic rings. The van der Waals surface area contributed by atoms with Crippen LogP contribution in [0.3, 0.4) is 0 Å². The number of sulfonamides is 1. The minimum absolute atomic E-state index is 0.0308. The predicted octanol–water partition coefficient (Wildman–Crippen LogP) is 0.769. The van der Waals surface area contributed by atoms with E-state index in [1.165, 1.54) is 0 Å². The Labute approximate surface area is 91.3 Å². The smallest absolute Gasteiger partial charge is 0.221 e. The Balaban J connectivity index is 4.67. The molecule has 2 unspecified atom stereocenters. The van der Waals surface area contributed by atoms with E-state index in [4.69, 9.17) is 18.0 Å². The minimum atomic E-state index is -3.40. The molecule has 14 heavy (non-hydrogen) atoms. The predicted molar refractivity (Wildman–Crippen MR) is 62.7 cm³/mol. The number of hydrogen-bond acceptors (Lipinski definition) is 3. The van der Waals surface area contributed by atoms with E-state index < -0.39 is 15.3 Å².